The molecule has 0 saturated heterocycles. The molecule has 5 heteroatoms. The number of nitrogens with zero attached hydrogens (tertiary/aromatic N) is 1. The van der Waals surface area contributed by atoms with Crippen LogP contribution in [-0.4, -0.2) is 26.0 Å². The zero-order valence-electron chi connectivity index (χ0n) is 9.36. The van der Waals surface area contributed by atoms with Gasteiger partial charge in [-0.05, 0) is 20.8 Å². The molecule has 0 aliphatic rings. The molecule has 0 aliphatic carbocycles. The van der Waals surface area contributed by atoms with Gasteiger partial charge in [0.25, 0.3) is 0 Å². The van der Waals surface area contributed by atoms with E-state index in [4.69, 9.17) is 19.5 Å². The quantitative estimate of drug-likeness (QED) is 0.227. The summed E-state index contributed by atoms with van der Waals surface area (Å²) in [4.78, 5) is 11.4. The molecule has 0 aromatic carbocycles. The summed E-state index contributed by atoms with van der Waals surface area (Å²) >= 11 is 0. The van der Waals surface area contributed by atoms with Gasteiger partial charge in [-0.3, -0.25) is 0 Å². The monoisotopic (exact) mass is 213 g/mol. The van der Waals surface area contributed by atoms with Crippen LogP contribution in [0.5, 0.6) is 0 Å². The van der Waals surface area contributed by atoms with Gasteiger partial charge in [0.05, 0.1) is 7.11 Å². The van der Waals surface area contributed by atoms with Gasteiger partial charge in [0.2, 0.25) is 6.29 Å². The Hall–Kier alpha value is -1.54. The fourth-order valence-corrected chi connectivity index (χ4v) is 0.849. The summed E-state index contributed by atoms with van der Waals surface area (Å²) in [5, 5.41) is 8.71. The standard InChI is InChI=1S/C10H15NO4/c1-5-14-8(3)15-10(12)9(6-11)7(2)13-4/h8H,5H2,1-4H3. The van der Waals surface area contributed by atoms with E-state index in [-0.39, 0.29) is 11.3 Å². The van der Waals surface area contributed by atoms with Crippen LogP contribution in [0.4, 0.5) is 0 Å². The van der Waals surface area contributed by atoms with E-state index in [1.54, 1.807) is 19.9 Å². The van der Waals surface area contributed by atoms with Gasteiger partial charge in [-0.15, -0.1) is 0 Å². The number of rotatable bonds is 5. The summed E-state index contributed by atoms with van der Waals surface area (Å²) in [5.41, 5.74) is -0.149. The summed E-state index contributed by atoms with van der Waals surface area (Å²) in [6.07, 6.45) is -0.671. The average Bonchev–Trinajstić information content (AvgIpc) is 2.18. The molecule has 0 amide bonds. The number of methoxy groups -OCH3 is 1. The van der Waals surface area contributed by atoms with Crippen LogP contribution in [0.25, 0.3) is 0 Å². The molecule has 0 saturated carbocycles. The molecular formula is C10H15NO4. The maximum atomic E-state index is 11.4. The molecule has 84 valence electrons. The molecule has 0 rings (SSSR count). The Morgan fingerprint density at radius 2 is 2.13 bits per heavy atom. The largest absolute Gasteiger partial charge is 0.500 e. The van der Waals surface area contributed by atoms with Crippen molar-refractivity contribution in [2.75, 3.05) is 13.7 Å². The van der Waals surface area contributed by atoms with Gasteiger partial charge in [0, 0.05) is 6.61 Å². The summed E-state index contributed by atoms with van der Waals surface area (Å²) < 4.78 is 14.6. The molecule has 1 atom stereocenters. The molecule has 0 heterocycles. The van der Waals surface area contributed by atoms with Crippen LogP contribution < -0.4 is 0 Å². The molecule has 0 aromatic heterocycles. The van der Waals surface area contributed by atoms with Crippen molar-refractivity contribution in [2.24, 2.45) is 0 Å². The first-order valence-electron chi connectivity index (χ1n) is 4.54. The second-order valence-corrected chi connectivity index (χ2v) is 2.68. The Labute approximate surface area is 89.2 Å². The van der Waals surface area contributed by atoms with E-state index in [0.717, 1.165) is 0 Å². The molecular weight excluding hydrogens is 198 g/mol. The smallest absolute Gasteiger partial charge is 0.354 e. The van der Waals surface area contributed by atoms with Gasteiger partial charge in [0.15, 0.2) is 5.57 Å². The van der Waals surface area contributed by atoms with Crippen LogP contribution in [-0.2, 0) is 19.0 Å². The average molecular weight is 213 g/mol. The first-order valence-corrected chi connectivity index (χ1v) is 4.54. The first-order chi connectivity index (χ1) is 7.06. The van der Waals surface area contributed by atoms with Gasteiger partial charge < -0.3 is 14.2 Å². The predicted molar refractivity (Wildman–Crippen MR) is 52.5 cm³/mol. The van der Waals surface area contributed by atoms with Gasteiger partial charge in [-0.1, -0.05) is 0 Å². The van der Waals surface area contributed by atoms with E-state index < -0.39 is 12.3 Å². The highest BCUT2D eigenvalue weighted by Gasteiger charge is 2.17. The Bertz CT molecular complexity index is 290. The molecule has 0 spiro atoms. The minimum Gasteiger partial charge on any atom is -0.500 e. The second-order valence-electron chi connectivity index (χ2n) is 2.68. The molecule has 5 nitrogen and oxygen atoms in total. The van der Waals surface area contributed by atoms with E-state index in [1.807, 2.05) is 0 Å². The fraction of sp³-hybridized carbons (Fsp3) is 0.600. The van der Waals surface area contributed by atoms with Crippen molar-refractivity contribution in [1.82, 2.24) is 0 Å². The molecule has 0 radical (unpaired) electrons. The first kappa shape index (κ1) is 13.5. The summed E-state index contributed by atoms with van der Waals surface area (Å²) in [5.74, 6) is -0.510. The molecule has 1 unspecified atom stereocenters. The third kappa shape index (κ3) is 4.47. The molecule has 0 aliphatic heterocycles. The summed E-state index contributed by atoms with van der Waals surface area (Å²) in [7, 11) is 1.38. The summed E-state index contributed by atoms with van der Waals surface area (Å²) in [6, 6.07) is 1.72. The number of esters is 1. The zero-order valence-corrected chi connectivity index (χ0v) is 9.36. The van der Waals surface area contributed by atoms with Crippen molar-refractivity contribution in [3.63, 3.8) is 0 Å². The maximum absolute atomic E-state index is 11.4. The normalized spacial score (nSPS) is 13.5. The second kappa shape index (κ2) is 6.85. The van der Waals surface area contributed by atoms with Crippen LogP contribution in [0.15, 0.2) is 11.3 Å². The van der Waals surface area contributed by atoms with Crippen molar-refractivity contribution >= 4 is 5.97 Å². The number of hydrogen-bond donors (Lipinski definition) is 0. The highest BCUT2D eigenvalue weighted by molar-refractivity contribution is 5.93. The molecule has 0 bridgehead atoms. The van der Waals surface area contributed by atoms with E-state index in [2.05, 4.69) is 0 Å². The van der Waals surface area contributed by atoms with Gasteiger partial charge >= 0.3 is 5.97 Å². The van der Waals surface area contributed by atoms with Crippen LogP contribution in [0.2, 0.25) is 0 Å². The van der Waals surface area contributed by atoms with E-state index in [1.165, 1.54) is 14.0 Å². The third-order valence-corrected chi connectivity index (χ3v) is 1.65. The van der Waals surface area contributed by atoms with Crippen LogP contribution in [0, 0.1) is 11.3 Å². The van der Waals surface area contributed by atoms with E-state index >= 15 is 0 Å². The Morgan fingerprint density at radius 1 is 1.53 bits per heavy atom. The minimum atomic E-state index is -0.738. The minimum absolute atomic E-state index is 0.149. The topological polar surface area (TPSA) is 68.5 Å². The zero-order chi connectivity index (χ0) is 11.8. The lowest BCUT2D eigenvalue weighted by atomic mass is 10.2. The molecule has 15 heavy (non-hydrogen) atoms. The predicted octanol–water partition coefficient (Wildman–Crippen LogP) is 1.36. The molecule has 0 aromatic rings. The Morgan fingerprint density at radius 3 is 2.53 bits per heavy atom. The lowest BCUT2D eigenvalue weighted by Crippen LogP contribution is -2.19. The highest BCUT2D eigenvalue weighted by atomic mass is 16.7. The number of hydrogen-bond acceptors (Lipinski definition) is 5. The van der Waals surface area contributed by atoms with Gasteiger partial charge in [0.1, 0.15) is 11.8 Å². The lowest BCUT2D eigenvalue weighted by Gasteiger charge is -2.12. The van der Waals surface area contributed by atoms with Crippen molar-refractivity contribution in [1.29, 1.82) is 5.26 Å². The number of allylic oxidation sites excluding steroid dienone is 1. The SMILES string of the molecule is CCOC(C)OC(=O)C(C#N)=C(C)OC. The maximum Gasteiger partial charge on any atom is 0.354 e. The number of carbonyl (C=O) groups excluding carboxylic acids is 1. The molecule has 0 N–H and O–H groups in total. The highest BCUT2D eigenvalue weighted by Crippen LogP contribution is 2.08. The van der Waals surface area contributed by atoms with Crippen molar-refractivity contribution < 1.29 is 19.0 Å². The van der Waals surface area contributed by atoms with Crippen LogP contribution >= 0.6 is 0 Å². The number of nitriles is 1. The fourth-order valence-electron chi connectivity index (χ4n) is 0.849. The van der Waals surface area contributed by atoms with Gasteiger partial charge in [-0.25, -0.2) is 4.79 Å². The van der Waals surface area contributed by atoms with Crippen molar-refractivity contribution in [3.8, 4) is 6.07 Å². The summed E-state index contributed by atoms with van der Waals surface area (Å²) in [6.45, 7) is 5.32. The number of ether oxygens (including phenoxy) is 3. The van der Waals surface area contributed by atoms with Gasteiger partial charge in [-0.2, -0.15) is 5.26 Å². The Balaban J connectivity index is 4.51. The lowest BCUT2D eigenvalue weighted by molar-refractivity contribution is -0.168. The van der Waals surface area contributed by atoms with E-state index in [9.17, 15) is 4.79 Å². The number of carbonyl (C=O) groups is 1. The van der Waals surface area contributed by atoms with Crippen molar-refractivity contribution in [2.45, 2.75) is 27.1 Å². The van der Waals surface area contributed by atoms with Crippen molar-refractivity contribution in [3.05, 3.63) is 11.3 Å². The Kier molecular flexibility index (Phi) is 6.14. The van der Waals surface area contributed by atoms with Crippen LogP contribution in [0.3, 0.4) is 0 Å². The molecule has 0 fully saturated rings. The third-order valence-electron chi connectivity index (χ3n) is 1.65. The van der Waals surface area contributed by atoms with E-state index in [0.29, 0.717) is 6.61 Å². The van der Waals surface area contributed by atoms with Crippen LogP contribution in [0.1, 0.15) is 20.8 Å².